The lowest BCUT2D eigenvalue weighted by molar-refractivity contribution is 0.238. The molecule has 1 aliphatic heterocycles. The monoisotopic (exact) mass is 230 g/mol. The lowest BCUT2D eigenvalue weighted by atomic mass is 10.1. The molecule has 0 saturated carbocycles. The van der Waals surface area contributed by atoms with Gasteiger partial charge in [-0.15, -0.1) is 0 Å². The maximum atomic E-state index is 3.34. The highest BCUT2D eigenvalue weighted by Gasteiger charge is 2.13. The number of piperidine rings is 1. The van der Waals surface area contributed by atoms with Crippen molar-refractivity contribution in [2.24, 2.45) is 0 Å². The Kier molecular flexibility index (Phi) is 9.92. The molecular formula is C12H30N4. The van der Waals surface area contributed by atoms with Gasteiger partial charge in [0.05, 0.1) is 0 Å². The minimum absolute atomic E-state index is 0.825. The number of hydrogen-bond donors (Lipinski definition) is 2. The molecule has 0 amide bonds. The van der Waals surface area contributed by atoms with Crippen LogP contribution in [0.4, 0.5) is 0 Å². The molecule has 1 rings (SSSR count). The highest BCUT2D eigenvalue weighted by molar-refractivity contribution is 4.73. The number of hydrogen-bond acceptors (Lipinski definition) is 4. The van der Waals surface area contributed by atoms with E-state index in [9.17, 15) is 0 Å². The van der Waals surface area contributed by atoms with Gasteiger partial charge in [-0.2, -0.15) is 0 Å². The van der Waals surface area contributed by atoms with E-state index >= 15 is 0 Å². The maximum Gasteiger partial charge on any atom is 0.0113 e. The van der Waals surface area contributed by atoms with E-state index in [2.05, 4.69) is 48.6 Å². The van der Waals surface area contributed by atoms with Gasteiger partial charge in [0.2, 0.25) is 0 Å². The van der Waals surface area contributed by atoms with Gasteiger partial charge in [0.1, 0.15) is 0 Å². The van der Waals surface area contributed by atoms with Crippen LogP contribution < -0.4 is 10.6 Å². The van der Waals surface area contributed by atoms with Crippen molar-refractivity contribution in [2.45, 2.75) is 18.9 Å². The zero-order chi connectivity index (χ0) is 12.4. The van der Waals surface area contributed by atoms with E-state index in [4.69, 9.17) is 0 Å². The van der Waals surface area contributed by atoms with Crippen LogP contribution in [0.1, 0.15) is 12.8 Å². The van der Waals surface area contributed by atoms with E-state index in [0.29, 0.717) is 0 Å². The van der Waals surface area contributed by atoms with Crippen molar-refractivity contribution in [2.75, 3.05) is 61.4 Å². The molecule has 1 aliphatic rings. The first-order valence-corrected chi connectivity index (χ1v) is 6.24. The molecule has 0 spiro atoms. The second-order valence-electron chi connectivity index (χ2n) is 4.85. The molecule has 1 fully saturated rings. The fraction of sp³-hybridized carbons (Fsp3) is 1.00. The van der Waals surface area contributed by atoms with Gasteiger partial charge in [-0.1, -0.05) is 0 Å². The van der Waals surface area contributed by atoms with Crippen LogP contribution in [0.2, 0.25) is 0 Å². The largest absolute Gasteiger partial charge is 0.318 e. The van der Waals surface area contributed by atoms with Crippen molar-refractivity contribution in [3.05, 3.63) is 0 Å². The van der Waals surface area contributed by atoms with Crippen molar-refractivity contribution in [3.8, 4) is 0 Å². The van der Waals surface area contributed by atoms with Gasteiger partial charge in [-0.05, 0) is 61.2 Å². The predicted molar refractivity (Wildman–Crippen MR) is 72.1 cm³/mol. The zero-order valence-corrected chi connectivity index (χ0v) is 11.7. The summed E-state index contributed by atoms with van der Waals surface area (Å²) in [5.41, 5.74) is 0. The molecule has 0 radical (unpaired) electrons. The Morgan fingerprint density at radius 2 is 1.69 bits per heavy atom. The second-order valence-corrected chi connectivity index (χ2v) is 4.85. The average Bonchev–Trinajstić information content (AvgIpc) is 2.28. The van der Waals surface area contributed by atoms with Crippen LogP contribution in [0, 0.1) is 0 Å². The Morgan fingerprint density at radius 3 is 1.94 bits per heavy atom. The van der Waals surface area contributed by atoms with Crippen molar-refractivity contribution in [3.63, 3.8) is 0 Å². The topological polar surface area (TPSA) is 30.5 Å². The predicted octanol–water partition coefficient (Wildman–Crippen LogP) is 0.0674. The third-order valence-electron chi connectivity index (χ3n) is 2.85. The molecule has 0 atom stereocenters. The van der Waals surface area contributed by atoms with Crippen LogP contribution in [-0.4, -0.2) is 77.3 Å². The molecule has 4 heteroatoms. The summed E-state index contributed by atoms with van der Waals surface area (Å²) < 4.78 is 0. The molecule has 2 N–H and O–H groups in total. The normalized spacial score (nSPS) is 17.4. The Hall–Kier alpha value is -0.160. The van der Waals surface area contributed by atoms with Crippen LogP contribution in [0.15, 0.2) is 0 Å². The molecule has 0 bridgehead atoms. The van der Waals surface area contributed by atoms with E-state index in [-0.39, 0.29) is 0 Å². The Labute approximate surface area is 101 Å². The third-order valence-corrected chi connectivity index (χ3v) is 2.85. The summed E-state index contributed by atoms with van der Waals surface area (Å²) in [5, 5.41) is 6.40. The molecule has 16 heavy (non-hydrogen) atoms. The molecule has 98 valence electrons. The van der Waals surface area contributed by atoms with E-state index in [1.165, 1.54) is 25.9 Å². The molecule has 1 heterocycles. The van der Waals surface area contributed by atoms with Crippen LogP contribution in [0.25, 0.3) is 0 Å². The van der Waals surface area contributed by atoms with Gasteiger partial charge in [-0.25, -0.2) is 0 Å². The zero-order valence-electron chi connectivity index (χ0n) is 11.7. The quantitative estimate of drug-likeness (QED) is 0.715. The van der Waals surface area contributed by atoms with E-state index < -0.39 is 0 Å². The minimum Gasteiger partial charge on any atom is -0.318 e. The second kappa shape index (κ2) is 10.0. The first kappa shape index (κ1) is 15.8. The minimum atomic E-state index is 0.825. The number of likely N-dealkylation sites (N-methyl/N-ethyl adjacent to an activating group) is 2. The summed E-state index contributed by atoms with van der Waals surface area (Å²) in [6, 6.07) is 0.825. The smallest absolute Gasteiger partial charge is 0.0113 e. The summed E-state index contributed by atoms with van der Waals surface area (Å²) in [6.45, 7) is 4.59. The molecule has 0 aromatic rings. The molecule has 0 aliphatic carbocycles. The highest BCUT2D eigenvalue weighted by Crippen LogP contribution is 2.06. The third kappa shape index (κ3) is 9.09. The van der Waals surface area contributed by atoms with Crippen molar-refractivity contribution in [1.82, 2.24) is 20.4 Å². The van der Waals surface area contributed by atoms with Crippen LogP contribution >= 0.6 is 0 Å². The van der Waals surface area contributed by atoms with Crippen molar-refractivity contribution < 1.29 is 0 Å². The summed E-state index contributed by atoms with van der Waals surface area (Å²) in [4.78, 5) is 4.47. The Morgan fingerprint density at radius 1 is 1.12 bits per heavy atom. The SMILES string of the molecule is CN(C)C1CCNCC1.CNCCN(C)C. The molecule has 0 aromatic heterocycles. The van der Waals surface area contributed by atoms with Crippen molar-refractivity contribution in [1.29, 1.82) is 0 Å². The number of rotatable bonds is 4. The van der Waals surface area contributed by atoms with Gasteiger partial charge in [0, 0.05) is 19.1 Å². The van der Waals surface area contributed by atoms with Gasteiger partial charge < -0.3 is 20.4 Å². The van der Waals surface area contributed by atoms with Gasteiger partial charge in [-0.3, -0.25) is 0 Å². The van der Waals surface area contributed by atoms with E-state index in [1.807, 2.05) is 7.05 Å². The maximum absolute atomic E-state index is 3.34. The Balaban J connectivity index is 0.000000293. The molecular weight excluding hydrogens is 200 g/mol. The average molecular weight is 230 g/mol. The van der Waals surface area contributed by atoms with Gasteiger partial charge >= 0.3 is 0 Å². The molecule has 1 saturated heterocycles. The first-order chi connectivity index (χ1) is 7.57. The van der Waals surface area contributed by atoms with Gasteiger partial charge in [0.25, 0.3) is 0 Å². The summed E-state index contributed by atoms with van der Waals surface area (Å²) in [7, 11) is 10.4. The first-order valence-electron chi connectivity index (χ1n) is 6.24. The van der Waals surface area contributed by atoms with E-state index in [1.54, 1.807) is 0 Å². The summed E-state index contributed by atoms with van der Waals surface area (Å²) in [6.07, 6.45) is 2.62. The molecule has 0 aromatic carbocycles. The fourth-order valence-electron chi connectivity index (χ4n) is 1.66. The number of nitrogens with zero attached hydrogens (tertiary/aromatic N) is 2. The number of nitrogens with one attached hydrogen (secondary N) is 2. The lowest BCUT2D eigenvalue weighted by Crippen LogP contribution is -2.39. The van der Waals surface area contributed by atoms with Gasteiger partial charge in [0.15, 0.2) is 0 Å². The Bertz CT molecular complexity index is 142. The fourth-order valence-corrected chi connectivity index (χ4v) is 1.66. The lowest BCUT2D eigenvalue weighted by Gasteiger charge is -2.28. The van der Waals surface area contributed by atoms with Crippen LogP contribution in [0.3, 0.4) is 0 Å². The highest BCUT2D eigenvalue weighted by atomic mass is 15.1. The summed E-state index contributed by atoms with van der Waals surface area (Å²) in [5.74, 6) is 0. The van der Waals surface area contributed by atoms with Crippen LogP contribution in [-0.2, 0) is 0 Å². The van der Waals surface area contributed by atoms with Crippen molar-refractivity contribution >= 4 is 0 Å². The van der Waals surface area contributed by atoms with E-state index in [0.717, 1.165) is 19.1 Å². The summed E-state index contributed by atoms with van der Waals surface area (Å²) >= 11 is 0. The standard InChI is InChI=1S/C7H16N2.C5H14N2/c1-9(2)7-3-5-8-6-4-7;1-6-4-5-7(2)3/h7-8H,3-6H2,1-2H3;6H,4-5H2,1-3H3. The molecule has 0 unspecified atom stereocenters. The van der Waals surface area contributed by atoms with Crippen LogP contribution in [0.5, 0.6) is 0 Å². The molecule has 4 nitrogen and oxygen atoms in total.